The fraction of sp³-hybridized carbons (Fsp3) is 0.318. The van der Waals surface area contributed by atoms with Crippen molar-refractivity contribution in [2.24, 2.45) is 0 Å². The molecule has 1 fully saturated rings. The Bertz CT molecular complexity index is 972. The fourth-order valence-corrected chi connectivity index (χ4v) is 4.76. The minimum absolute atomic E-state index is 0.00187. The van der Waals surface area contributed by atoms with E-state index in [0.29, 0.717) is 18.9 Å². The molecule has 5 nitrogen and oxygen atoms in total. The molecule has 3 aromatic rings. The summed E-state index contributed by atoms with van der Waals surface area (Å²) in [4.78, 5) is 19.5. The molecule has 0 bridgehead atoms. The summed E-state index contributed by atoms with van der Waals surface area (Å²) in [5.74, 6) is 0.391. The molecule has 1 aliphatic heterocycles. The lowest BCUT2D eigenvalue weighted by Crippen LogP contribution is -2.39. The Morgan fingerprint density at radius 1 is 1.25 bits per heavy atom. The minimum Gasteiger partial charge on any atom is -0.325 e. The Hall–Kier alpha value is -2.75. The number of hydrogen-bond donors (Lipinski definition) is 1. The Labute approximate surface area is 168 Å². The second-order valence-corrected chi connectivity index (χ2v) is 8.24. The van der Waals surface area contributed by atoms with Crippen LogP contribution in [-0.4, -0.2) is 35.4 Å². The number of nitrogens with zero attached hydrogens (tertiary/aromatic N) is 3. The van der Waals surface area contributed by atoms with Crippen LogP contribution in [0, 0.1) is 11.3 Å². The van der Waals surface area contributed by atoms with E-state index in [1.807, 2.05) is 30.3 Å². The number of carbonyl (C=O) groups is 1. The van der Waals surface area contributed by atoms with E-state index in [4.69, 9.17) is 10.2 Å². The number of likely N-dealkylation sites (tertiary alicyclic amines) is 1. The minimum atomic E-state index is -0.00187. The van der Waals surface area contributed by atoms with E-state index >= 15 is 0 Å². The van der Waals surface area contributed by atoms with Gasteiger partial charge in [0.1, 0.15) is 0 Å². The van der Waals surface area contributed by atoms with Crippen LogP contribution in [0.2, 0.25) is 0 Å². The van der Waals surface area contributed by atoms with Crippen LogP contribution in [0.5, 0.6) is 0 Å². The van der Waals surface area contributed by atoms with Crippen molar-refractivity contribution in [3.63, 3.8) is 0 Å². The van der Waals surface area contributed by atoms with Crippen LogP contribution in [0.3, 0.4) is 0 Å². The summed E-state index contributed by atoms with van der Waals surface area (Å²) in [7, 11) is 0. The number of nitrogens with one attached hydrogen (secondary N) is 1. The van der Waals surface area contributed by atoms with E-state index in [9.17, 15) is 4.79 Å². The summed E-state index contributed by atoms with van der Waals surface area (Å²) in [6.45, 7) is 2.20. The second-order valence-electron chi connectivity index (χ2n) is 7.17. The van der Waals surface area contributed by atoms with E-state index in [1.54, 1.807) is 11.3 Å². The molecule has 1 atom stereocenters. The molecule has 0 spiro atoms. The zero-order valence-electron chi connectivity index (χ0n) is 15.6. The van der Waals surface area contributed by atoms with E-state index in [2.05, 4.69) is 34.5 Å². The zero-order chi connectivity index (χ0) is 19.3. The predicted octanol–water partition coefficient (Wildman–Crippen LogP) is 4.18. The maximum absolute atomic E-state index is 12.5. The number of anilines is 1. The molecule has 0 radical (unpaired) electrons. The first kappa shape index (κ1) is 18.6. The van der Waals surface area contributed by atoms with Crippen LogP contribution in [0.4, 0.5) is 5.69 Å². The van der Waals surface area contributed by atoms with Gasteiger partial charge in [-0.1, -0.05) is 24.3 Å². The first-order chi connectivity index (χ1) is 13.7. The van der Waals surface area contributed by atoms with Gasteiger partial charge < -0.3 is 5.32 Å². The number of hydrogen-bond acceptors (Lipinski definition) is 5. The van der Waals surface area contributed by atoms with E-state index in [-0.39, 0.29) is 5.91 Å². The predicted molar refractivity (Wildman–Crippen MR) is 112 cm³/mol. The molecule has 0 saturated carbocycles. The zero-order valence-corrected chi connectivity index (χ0v) is 16.4. The Morgan fingerprint density at radius 3 is 2.86 bits per heavy atom. The lowest BCUT2D eigenvalue weighted by molar-refractivity contribution is -0.117. The van der Waals surface area contributed by atoms with Gasteiger partial charge in [-0.2, -0.15) is 5.26 Å². The molecule has 1 saturated heterocycles. The van der Waals surface area contributed by atoms with Crippen LogP contribution >= 0.6 is 11.3 Å². The highest BCUT2D eigenvalue weighted by molar-refractivity contribution is 7.18. The number of thiazole rings is 1. The monoisotopic (exact) mass is 390 g/mol. The van der Waals surface area contributed by atoms with Crippen molar-refractivity contribution in [3.05, 3.63) is 59.1 Å². The molecule has 0 unspecified atom stereocenters. The SMILES string of the molecule is N#CCc1ccc(NC(=O)CN2CCC[C@@H](c3nc4ccccc4s3)C2)cc1. The molecule has 2 heterocycles. The molecule has 0 aliphatic carbocycles. The normalized spacial score (nSPS) is 17.3. The van der Waals surface area contributed by atoms with Crippen molar-refractivity contribution in [3.8, 4) is 6.07 Å². The number of amides is 1. The maximum Gasteiger partial charge on any atom is 0.238 e. The third-order valence-corrected chi connectivity index (χ3v) is 6.25. The van der Waals surface area contributed by atoms with Crippen molar-refractivity contribution in [2.45, 2.75) is 25.2 Å². The molecule has 1 amide bonds. The number of carbonyl (C=O) groups excluding carboxylic acids is 1. The smallest absolute Gasteiger partial charge is 0.238 e. The van der Waals surface area contributed by atoms with Crippen LogP contribution in [-0.2, 0) is 11.2 Å². The van der Waals surface area contributed by atoms with Gasteiger partial charge in [-0.05, 0) is 49.2 Å². The number of fused-ring (bicyclic) bond motifs is 1. The van der Waals surface area contributed by atoms with Gasteiger partial charge in [0.15, 0.2) is 0 Å². The molecule has 1 aromatic heterocycles. The summed E-state index contributed by atoms with van der Waals surface area (Å²) in [6, 6.07) is 17.8. The summed E-state index contributed by atoms with van der Waals surface area (Å²) < 4.78 is 1.23. The number of rotatable bonds is 5. The number of benzene rings is 2. The highest BCUT2D eigenvalue weighted by Gasteiger charge is 2.25. The number of nitriles is 1. The van der Waals surface area contributed by atoms with E-state index in [0.717, 1.165) is 42.7 Å². The number of para-hydroxylation sites is 1. The third kappa shape index (κ3) is 4.38. The Kier molecular flexibility index (Phi) is 5.65. The second kappa shape index (κ2) is 8.51. The van der Waals surface area contributed by atoms with Gasteiger partial charge in [0.25, 0.3) is 0 Å². The van der Waals surface area contributed by atoms with Crippen LogP contribution in [0.15, 0.2) is 48.5 Å². The molecule has 4 rings (SSSR count). The lowest BCUT2D eigenvalue weighted by Gasteiger charge is -2.31. The van der Waals surface area contributed by atoms with Gasteiger partial charge in [-0.3, -0.25) is 9.69 Å². The van der Waals surface area contributed by atoms with Crippen LogP contribution < -0.4 is 5.32 Å². The van der Waals surface area contributed by atoms with Gasteiger partial charge in [0.2, 0.25) is 5.91 Å². The van der Waals surface area contributed by atoms with Crippen molar-refractivity contribution >= 4 is 33.1 Å². The Balaban J connectivity index is 1.35. The van der Waals surface area contributed by atoms with Gasteiger partial charge in [0, 0.05) is 18.2 Å². The van der Waals surface area contributed by atoms with Crippen LogP contribution in [0.25, 0.3) is 10.2 Å². The standard InChI is InChI=1S/C22H22N4OS/c23-12-11-16-7-9-18(10-8-16)24-21(27)15-26-13-3-4-17(14-26)22-25-19-5-1-2-6-20(19)28-22/h1-2,5-10,17H,3-4,11,13-15H2,(H,24,27)/t17-/m1/s1. The van der Waals surface area contributed by atoms with E-state index < -0.39 is 0 Å². The summed E-state index contributed by atoms with van der Waals surface area (Å²) in [6.07, 6.45) is 2.59. The lowest BCUT2D eigenvalue weighted by atomic mass is 9.99. The maximum atomic E-state index is 12.5. The summed E-state index contributed by atoms with van der Waals surface area (Å²) in [5.41, 5.74) is 2.79. The average Bonchev–Trinajstić information content (AvgIpc) is 3.14. The molecule has 1 aliphatic rings. The largest absolute Gasteiger partial charge is 0.325 e. The molecule has 2 aromatic carbocycles. The fourth-order valence-electron chi connectivity index (χ4n) is 3.67. The molecule has 1 N–H and O–H groups in total. The van der Waals surface area contributed by atoms with Gasteiger partial charge in [-0.25, -0.2) is 4.98 Å². The van der Waals surface area contributed by atoms with Gasteiger partial charge >= 0.3 is 0 Å². The summed E-state index contributed by atoms with van der Waals surface area (Å²) in [5, 5.41) is 12.9. The number of aromatic nitrogens is 1. The van der Waals surface area contributed by atoms with Gasteiger partial charge in [0.05, 0.1) is 34.3 Å². The molecule has 6 heteroatoms. The van der Waals surface area contributed by atoms with Crippen molar-refractivity contribution in [2.75, 3.05) is 25.0 Å². The van der Waals surface area contributed by atoms with Crippen LogP contribution in [0.1, 0.15) is 29.3 Å². The highest BCUT2D eigenvalue weighted by Crippen LogP contribution is 2.32. The molecular formula is C22H22N4OS. The molecule has 142 valence electrons. The van der Waals surface area contributed by atoms with Crippen molar-refractivity contribution < 1.29 is 4.79 Å². The Morgan fingerprint density at radius 2 is 2.07 bits per heavy atom. The quantitative estimate of drug-likeness (QED) is 0.709. The van der Waals surface area contributed by atoms with Crippen molar-refractivity contribution in [1.29, 1.82) is 5.26 Å². The average molecular weight is 391 g/mol. The topological polar surface area (TPSA) is 69.0 Å². The molecule has 28 heavy (non-hydrogen) atoms. The first-order valence-corrected chi connectivity index (χ1v) is 10.4. The van der Waals surface area contributed by atoms with Crippen molar-refractivity contribution in [1.82, 2.24) is 9.88 Å². The molecular weight excluding hydrogens is 368 g/mol. The highest BCUT2D eigenvalue weighted by atomic mass is 32.1. The van der Waals surface area contributed by atoms with Gasteiger partial charge in [-0.15, -0.1) is 11.3 Å². The number of piperidine rings is 1. The first-order valence-electron chi connectivity index (χ1n) is 9.55. The third-order valence-electron chi connectivity index (χ3n) is 5.05. The summed E-state index contributed by atoms with van der Waals surface area (Å²) >= 11 is 1.77. The van der Waals surface area contributed by atoms with E-state index in [1.165, 1.54) is 9.71 Å².